The maximum absolute atomic E-state index is 12.8. The Labute approximate surface area is 165 Å². The van der Waals surface area contributed by atoms with Gasteiger partial charge in [-0.3, -0.25) is 19.0 Å². The highest BCUT2D eigenvalue weighted by molar-refractivity contribution is 6.03. The Kier molecular flexibility index (Phi) is 4.74. The summed E-state index contributed by atoms with van der Waals surface area (Å²) in [6.07, 6.45) is 2.76. The number of fused-ring (bicyclic) bond motifs is 1. The van der Waals surface area contributed by atoms with Gasteiger partial charge in [-0.25, -0.2) is 9.67 Å². The first-order chi connectivity index (χ1) is 14.0. The van der Waals surface area contributed by atoms with Crippen LogP contribution >= 0.6 is 0 Å². The molecule has 0 fully saturated rings. The zero-order valence-electron chi connectivity index (χ0n) is 15.6. The van der Waals surface area contributed by atoms with Crippen molar-refractivity contribution in [1.29, 1.82) is 0 Å². The fraction of sp³-hybridized carbons (Fsp3) is 0.0952. The van der Waals surface area contributed by atoms with Crippen molar-refractivity contribution >= 4 is 28.4 Å². The van der Waals surface area contributed by atoms with Gasteiger partial charge in [0.15, 0.2) is 11.4 Å². The van der Waals surface area contributed by atoms with Gasteiger partial charge < -0.3 is 5.32 Å². The van der Waals surface area contributed by atoms with Crippen LogP contribution < -0.4 is 10.9 Å². The molecular weight excluding hydrogens is 370 g/mol. The number of anilines is 1. The number of carbonyl (C=O) groups is 2. The summed E-state index contributed by atoms with van der Waals surface area (Å²) in [5, 5.41) is 7.24. The number of nitrogens with one attached hydrogen (secondary N) is 1. The van der Waals surface area contributed by atoms with E-state index in [1.54, 1.807) is 28.9 Å². The normalized spacial score (nSPS) is 10.8. The van der Waals surface area contributed by atoms with Crippen LogP contribution in [0.5, 0.6) is 0 Å². The molecule has 0 unspecified atom stereocenters. The van der Waals surface area contributed by atoms with Gasteiger partial charge in [0.05, 0.1) is 17.6 Å². The van der Waals surface area contributed by atoms with Crippen LogP contribution in [0.25, 0.3) is 16.7 Å². The summed E-state index contributed by atoms with van der Waals surface area (Å²) in [6.45, 7) is 1.20. The molecule has 1 N–H and O–H groups in total. The van der Waals surface area contributed by atoms with Crippen molar-refractivity contribution in [3.8, 4) is 5.69 Å². The number of ketones is 1. The average molecular weight is 387 g/mol. The fourth-order valence-electron chi connectivity index (χ4n) is 3.06. The van der Waals surface area contributed by atoms with Crippen LogP contribution in [0.15, 0.2) is 71.9 Å². The Morgan fingerprint density at radius 2 is 1.76 bits per heavy atom. The maximum Gasteiger partial charge on any atom is 0.264 e. The van der Waals surface area contributed by atoms with Crippen LogP contribution in [0.4, 0.5) is 5.69 Å². The third-order valence-corrected chi connectivity index (χ3v) is 4.45. The number of para-hydroxylation sites is 2. The molecule has 2 aromatic heterocycles. The summed E-state index contributed by atoms with van der Waals surface area (Å²) in [6, 6.07) is 16.1. The lowest BCUT2D eigenvalue weighted by Gasteiger charge is -2.10. The highest BCUT2D eigenvalue weighted by Crippen LogP contribution is 2.16. The van der Waals surface area contributed by atoms with E-state index in [0.717, 1.165) is 5.69 Å². The molecule has 0 aliphatic carbocycles. The molecule has 8 nitrogen and oxygen atoms in total. The van der Waals surface area contributed by atoms with Gasteiger partial charge in [0, 0.05) is 5.56 Å². The SMILES string of the molecule is CC(=O)c1ccccc1NC(=O)Cn1cnc2c(cnn2-c2ccccc2)c1=O. The number of rotatable bonds is 5. The molecule has 0 bridgehead atoms. The molecule has 1 amide bonds. The standard InChI is InChI=1S/C21H17N5O3/c1-14(27)16-9-5-6-10-18(16)24-19(28)12-25-13-22-20-17(21(25)29)11-23-26(20)15-7-3-2-4-8-15/h2-11,13H,12H2,1H3,(H,24,28). The largest absolute Gasteiger partial charge is 0.324 e. The molecule has 2 aromatic carbocycles. The van der Waals surface area contributed by atoms with Gasteiger partial charge in [-0.2, -0.15) is 5.10 Å². The first-order valence-corrected chi connectivity index (χ1v) is 8.93. The smallest absolute Gasteiger partial charge is 0.264 e. The highest BCUT2D eigenvalue weighted by atomic mass is 16.2. The molecule has 0 radical (unpaired) electrons. The number of carbonyl (C=O) groups excluding carboxylic acids is 2. The van der Waals surface area contributed by atoms with Crippen LogP contribution in [0, 0.1) is 0 Å². The fourth-order valence-corrected chi connectivity index (χ4v) is 3.06. The minimum absolute atomic E-state index is 0.158. The minimum Gasteiger partial charge on any atom is -0.324 e. The van der Waals surface area contributed by atoms with E-state index in [1.807, 2.05) is 30.3 Å². The van der Waals surface area contributed by atoms with E-state index in [4.69, 9.17) is 0 Å². The maximum atomic E-state index is 12.8. The molecule has 0 saturated heterocycles. The van der Waals surface area contributed by atoms with Gasteiger partial charge in [-0.05, 0) is 31.2 Å². The van der Waals surface area contributed by atoms with Gasteiger partial charge in [0.1, 0.15) is 18.3 Å². The molecule has 2 heterocycles. The third-order valence-electron chi connectivity index (χ3n) is 4.45. The monoisotopic (exact) mass is 387 g/mol. The summed E-state index contributed by atoms with van der Waals surface area (Å²) in [4.78, 5) is 41.2. The predicted octanol–water partition coefficient (Wildman–Crippen LogP) is 2.42. The van der Waals surface area contributed by atoms with E-state index in [2.05, 4.69) is 15.4 Å². The van der Waals surface area contributed by atoms with E-state index in [9.17, 15) is 14.4 Å². The Hall–Kier alpha value is -4.07. The topological polar surface area (TPSA) is 98.9 Å². The van der Waals surface area contributed by atoms with Crippen LogP contribution in [0.3, 0.4) is 0 Å². The first kappa shape index (κ1) is 18.3. The summed E-state index contributed by atoms with van der Waals surface area (Å²) in [5.74, 6) is -0.591. The molecule has 0 spiro atoms. The van der Waals surface area contributed by atoms with E-state index < -0.39 is 5.91 Å². The molecule has 29 heavy (non-hydrogen) atoms. The third kappa shape index (κ3) is 3.55. The van der Waals surface area contributed by atoms with Crippen LogP contribution in [0.1, 0.15) is 17.3 Å². The molecule has 144 valence electrons. The van der Waals surface area contributed by atoms with Gasteiger partial charge in [0.25, 0.3) is 5.56 Å². The van der Waals surface area contributed by atoms with E-state index in [-0.39, 0.29) is 17.9 Å². The van der Waals surface area contributed by atoms with Crippen molar-refractivity contribution in [3.05, 3.63) is 83.0 Å². The number of Topliss-reactive ketones (excluding diaryl/α,β-unsaturated/α-hetero) is 1. The Bertz CT molecular complexity index is 1270. The lowest BCUT2D eigenvalue weighted by Crippen LogP contribution is -2.28. The zero-order chi connectivity index (χ0) is 20.4. The summed E-state index contributed by atoms with van der Waals surface area (Å²) in [7, 11) is 0. The van der Waals surface area contributed by atoms with Gasteiger partial charge >= 0.3 is 0 Å². The Morgan fingerprint density at radius 1 is 1.03 bits per heavy atom. The van der Waals surface area contributed by atoms with E-state index >= 15 is 0 Å². The summed E-state index contributed by atoms with van der Waals surface area (Å²) >= 11 is 0. The second-order valence-electron chi connectivity index (χ2n) is 6.46. The minimum atomic E-state index is -0.433. The van der Waals surface area contributed by atoms with Gasteiger partial charge in [-0.15, -0.1) is 0 Å². The second-order valence-corrected chi connectivity index (χ2v) is 6.46. The first-order valence-electron chi connectivity index (χ1n) is 8.93. The quantitative estimate of drug-likeness (QED) is 0.530. The van der Waals surface area contributed by atoms with Crippen LogP contribution in [-0.2, 0) is 11.3 Å². The molecule has 8 heteroatoms. The molecule has 0 aliphatic rings. The van der Waals surface area contributed by atoms with Crippen molar-refractivity contribution in [3.63, 3.8) is 0 Å². The lowest BCUT2D eigenvalue weighted by atomic mass is 10.1. The van der Waals surface area contributed by atoms with Crippen molar-refractivity contribution in [1.82, 2.24) is 19.3 Å². The number of amides is 1. The number of nitrogens with zero attached hydrogens (tertiary/aromatic N) is 4. The predicted molar refractivity (Wildman–Crippen MR) is 108 cm³/mol. The van der Waals surface area contributed by atoms with Gasteiger partial charge in [0.2, 0.25) is 5.91 Å². The highest BCUT2D eigenvalue weighted by Gasteiger charge is 2.14. The van der Waals surface area contributed by atoms with Crippen molar-refractivity contribution in [2.45, 2.75) is 13.5 Å². The van der Waals surface area contributed by atoms with E-state index in [1.165, 1.54) is 24.0 Å². The number of hydrogen-bond donors (Lipinski definition) is 1. The molecule has 0 aliphatic heterocycles. The zero-order valence-corrected chi connectivity index (χ0v) is 15.6. The molecule has 4 rings (SSSR count). The second kappa shape index (κ2) is 7.51. The summed E-state index contributed by atoms with van der Waals surface area (Å²) < 4.78 is 2.79. The molecule has 4 aromatic rings. The Morgan fingerprint density at radius 3 is 2.52 bits per heavy atom. The Balaban J connectivity index is 1.61. The average Bonchev–Trinajstić information content (AvgIpc) is 3.16. The molecular formula is C21H17N5O3. The number of benzene rings is 2. The summed E-state index contributed by atoms with van der Waals surface area (Å²) in [5.41, 5.74) is 1.65. The molecule has 0 saturated carbocycles. The van der Waals surface area contributed by atoms with Crippen molar-refractivity contribution in [2.75, 3.05) is 5.32 Å². The van der Waals surface area contributed by atoms with E-state index in [0.29, 0.717) is 22.3 Å². The van der Waals surface area contributed by atoms with Crippen LogP contribution in [0.2, 0.25) is 0 Å². The van der Waals surface area contributed by atoms with Crippen LogP contribution in [-0.4, -0.2) is 31.0 Å². The van der Waals surface area contributed by atoms with Crippen molar-refractivity contribution < 1.29 is 9.59 Å². The van der Waals surface area contributed by atoms with Crippen molar-refractivity contribution in [2.24, 2.45) is 0 Å². The number of hydrogen-bond acceptors (Lipinski definition) is 5. The lowest BCUT2D eigenvalue weighted by molar-refractivity contribution is -0.116. The van der Waals surface area contributed by atoms with Gasteiger partial charge in [-0.1, -0.05) is 30.3 Å². The number of aromatic nitrogens is 4. The molecule has 0 atom stereocenters.